The maximum atomic E-state index is 5.53. The fraction of sp³-hybridized carbons (Fsp3) is 0.200. The molecular weight excluding hydrogens is 290 g/mol. The lowest BCUT2D eigenvalue weighted by molar-refractivity contribution is 0.376. The fourth-order valence-corrected chi connectivity index (χ4v) is 1.64. The average Bonchev–Trinajstić information content (AvgIpc) is 2.30. The second kappa shape index (κ2) is 6.55. The van der Waals surface area contributed by atoms with Gasteiger partial charge in [-0.2, -0.15) is 5.10 Å². The van der Waals surface area contributed by atoms with E-state index in [-0.39, 0.29) is 17.0 Å². The maximum absolute atomic E-state index is 5.53. The van der Waals surface area contributed by atoms with Gasteiger partial charge >= 0.3 is 0 Å². The highest BCUT2D eigenvalue weighted by molar-refractivity contribution is 8.93. The molecule has 0 atom stereocenters. The molecule has 4 nitrogen and oxygen atoms in total. The van der Waals surface area contributed by atoms with E-state index in [9.17, 15) is 0 Å². The third-order valence-corrected chi connectivity index (χ3v) is 2.68. The van der Waals surface area contributed by atoms with Crippen molar-refractivity contribution < 1.29 is 4.74 Å². The Balaban J connectivity index is 0.00000128. The summed E-state index contributed by atoms with van der Waals surface area (Å²) in [6.07, 6.45) is 0. The third-order valence-electron chi connectivity index (χ3n) is 1.83. The SMILES string of the molecule is Br.NC1=NN=C(COc2ccccc2)CS1. The van der Waals surface area contributed by atoms with Crippen molar-refractivity contribution in [2.45, 2.75) is 0 Å². The van der Waals surface area contributed by atoms with Gasteiger partial charge in [0, 0.05) is 5.75 Å². The van der Waals surface area contributed by atoms with Gasteiger partial charge in [0.2, 0.25) is 0 Å². The zero-order valence-electron chi connectivity index (χ0n) is 8.50. The molecule has 1 aliphatic rings. The summed E-state index contributed by atoms with van der Waals surface area (Å²) in [5, 5.41) is 8.26. The van der Waals surface area contributed by atoms with E-state index in [2.05, 4.69) is 10.2 Å². The molecule has 16 heavy (non-hydrogen) atoms. The minimum atomic E-state index is 0. The Morgan fingerprint density at radius 2 is 2.00 bits per heavy atom. The molecule has 0 bridgehead atoms. The molecule has 0 fully saturated rings. The van der Waals surface area contributed by atoms with Crippen LogP contribution in [-0.2, 0) is 0 Å². The summed E-state index contributed by atoms with van der Waals surface area (Å²) in [4.78, 5) is 0. The van der Waals surface area contributed by atoms with Gasteiger partial charge in [-0.15, -0.1) is 22.1 Å². The lowest BCUT2D eigenvalue weighted by atomic mass is 10.3. The van der Waals surface area contributed by atoms with Crippen molar-refractivity contribution in [3.05, 3.63) is 30.3 Å². The Bertz CT molecular complexity index is 394. The number of hydrogen-bond donors (Lipinski definition) is 1. The van der Waals surface area contributed by atoms with Crippen molar-refractivity contribution in [2.75, 3.05) is 12.4 Å². The average molecular weight is 302 g/mol. The molecule has 1 heterocycles. The first-order chi connectivity index (χ1) is 7.34. The Labute approximate surface area is 109 Å². The summed E-state index contributed by atoms with van der Waals surface area (Å²) in [5.74, 6) is 1.59. The van der Waals surface area contributed by atoms with E-state index < -0.39 is 0 Å². The highest BCUT2D eigenvalue weighted by atomic mass is 79.9. The third kappa shape index (κ3) is 3.86. The summed E-state index contributed by atoms with van der Waals surface area (Å²) in [7, 11) is 0. The number of amidine groups is 1. The van der Waals surface area contributed by atoms with E-state index >= 15 is 0 Å². The van der Waals surface area contributed by atoms with Crippen molar-refractivity contribution in [3.63, 3.8) is 0 Å². The topological polar surface area (TPSA) is 60.0 Å². The first kappa shape index (κ1) is 13.1. The number of halogens is 1. The van der Waals surface area contributed by atoms with E-state index in [0.717, 1.165) is 17.2 Å². The Morgan fingerprint density at radius 3 is 2.62 bits per heavy atom. The molecule has 1 aliphatic heterocycles. The molecule has 0 saturated carbocycles. The molecule has 6 heteroatoms. The number of nitrogens with two attached hydrogens (primary N) is 1. The van der Waals surface area contributed by atoms with Gasteiger partial charge in [0.15, 0.2) is 5.17 Å². The minimum absolute atomic E-state index is 0. The van der Waals surface area contributed by atoms with Crippen molar-refractivity contribution >= 4 is 39.6 Å². The van der Waals surface area contributed by atoms with Crippen LogP contribution < -0.4 is 10.5 Å². The van der Waals surface area contributed by atoms with E-state index in [0.29, 0.717) is 11.8 Å². The van der Waals surface area contributed by atoms with Crippen LogP contribution in [0.5, 0.6) is 5.75 Å². The van der Waals surface area contributed by atoms with Gasteiger partial charge in [0.25, 0.3) is 0 Å². The minimum Gasteiger partial charge on any atom is -0.488 e. The molecule has 0 radical (unpaired) electrons. The van der Waals surface area contributed by atoms with Crippen LogP contribution in [0.2, 0.25) is 0 Å². The fourth-order valence-electron chi connectivity index (χ4n) is 1.09. The van der Waals surface area contributed by atoms with E-state index in [4.69, 9.17) is 10.5 Å². The van der Waals surface area contributed by atoms with Gasteiger partial charge in [0.05, 0.1) is 5.71 Å². The van der Waals surface area contributed by atoms with Crippen LogP contribution in [-0.4, -0.2) is 23.2 Å². The summed E-state index contributed by atoms with van der Waals surface area (Å²) >= 11 is 1.48. The smallest absolute Gasteiger partial charge is 0.180 e. The molecule has 0 spiro atoms. The van der Waals surface area contributed by atoms with Crippen molar-refractivity contribution in [3.8, 4) is 5.75 Å². The summed E-state index contributed by atoms with van der Waals surface area (Å²) < 4.78 is 5.53. The molecular formula is C10H12BrN3OS. The number of benzene rings is 1. The number of ether oxygens (including phenoxy) is 1. The predicted molar refractivity (Wildman–Crippen MR) is 73.8 cm³/mol. The molecule has 0 amide bonds. The Morgan fingerprint density at radius 1 is 1.25 bits per heavy atom. The number of nitrogens with zero attached hydrogens (tertiary/aromatic N) is 2. The zero-order chi connectivity index (χ0) is 10.5. The number of rotatable bonds is 3. The number of thioether (sulfide) groups is 1. The van der Waals surface area contributed by atoms with Crippen LogP contribution in [0.4, 0.5) is 0 Å². The molecule has 0 aromatic heterocycles. The largest absolute Gasteiger partial charge is 0.488 e. The van der Waals surface area contributed by atoms with Crippen LogP contribution >= 0.6 is 28.7 Å². The van der Waals surface area contributed by atoms with Gasteiger partial charge in [-0.1, -0.05) is 30.0 Å². The first-order valence-electron chi connectivity index (χ1n) is 4.54. The summed E-state index contributed by atoms with van der Waals surface area (Å²) in [6.45, 7) is 0.466. The zero-order valence-corrected chi connectivity index (χ0v) is 11.0. The highest BCUT2D eigenvalue weighted by Crippen LogP contribution is 2.11. The van der Waals surface area contributed by atoms with Crippen molar-refractivity contribution in [1.29, 1.82) is 0 Å². The van der Waals surface area contributed by atoms with Gasteiger partial charge in [-0.25, -0.2) is 0 Å². The number of hydrogen-bond acceptors (Lipinski definition) is 5. The maximum Gasteiger partial charge on any atom is 0.180 e. The molecule has 1 aromatic rings. The van der Waals surface area contributed by atoms with Gasteiger partial charge < -0.3 is 10.5 Å². The monoisotopic (exact) mass is 301 g/mol. The first-order valence-corrected chi connectivity index (χ1v) is 5.52. The van der Waals surface area contributed by atoms with E-state index in [1.165, 1.54) is 11.8 Å². The van der Waals surface area contributed by atoms with E-state index in [1.807, 2.05) is 30.3 Å². The molecule has 0 unspecified atom stereocenters. The van der Waals surface area contributed by atoms with E-state index in [1.54, 1.807) is 0 Å². The van der Waals surface area contributed by atoms with Crippen LogP contribution in [0.25, 0.3) is 0 Å². The lowest BCUT2D eigenvalue weighted by Gasteiger charge is -2.10. The van der Waals surface area contributed by atoms with Crippen LogP contribution in [0.15, 0.2) is 40.5 Å². The summed E-state index contributed by atoms with van der Waals surface area (Å²) in [5.41, 5.74) is 6.37. The van der Waals surface area contributed by atoms with Crippen molar-refractivity contribution in [2.24, 2.45) is 15.9 Å². The molecule has 86 valence electrons. The quantitative estimate of drug-likeness (QED) is 0.929. The molecule has 1 aromatic carbocycles. The Kier molecular flexibility index (Phi) is 5.34. The highest BCUT2D eigenvalue weighted by Gasteiger charge is 2.08. The van der Waals surface area contributed by atoms with Gasteiger partial charge in [0.1, 0.15) is 12.4 Å². The Hall–Kier alpha value is -1.01. The second-order valence-corrected chi connectivity index (χ2v) is 3.99. The van der Waals surface area contributed by atoms with Crippen molar-refractivity contribution in [1.82, 2.24) is 0 Å². The normalized spacial score (nSPS) is 14.5. The number of para-hydroxylation sites is 1. The van der Waals surface area contributed by atoms with Gasteiger partial charge in [-0.05, 0) is 12.1 Å². The van der Waals surface area contributed by atoms with Crippen LogP contribution in [0.1, 0.15) is 0 Å². The molecule has 0 aliphatic carbocycles. The standard InChI is InChI=1S/C10H11N3OS.BrH/c11-10-13-12-8(7-15-10)6-14-9-4-2-1-3-5-9;/h1-5H,6-7H2,(H2,11,13);1H. The van der Waals surface area contributed by atoms with Crippen LogP contribution in [0.3, 0.4) is 0 Å². The summed E-state index contributed by atoms with van der Waals surface area (Å²) in [6, 6.07) is 9.64. The predicted octanol–water partition coefficient (Wildman–Crippen LogP) is 2.06. The molecule has 2 N–H and O–H groups in total. The molecule has 0 saturated heterocycles. The van der Waals surface area contributed by atoms with Crippen LogP contribution in [0, 0.1) is 0 Å². The lowest BCUT2D eigenvalue weighted by Crippen LogP contribution is -2.20. The molecule has 2 rings (SSSR count). The van der Waals surface area contributed by atoms with Gasteiger partial charge in [-0.3, -0.25) is 0 Å². The second-order valence-electron chi connectivity index (χ2n) is 2.99.